The lowest BCUT2D eigenvalue weighted by Crippen LogP contribution is -2.37. The van der Waals surface area contributed by atoms with Crippen molar-refractivity contribution in [3.8, 4) is 0 Å². The van der Waals surface area contributed by atoms with E-state index in [2.05, 4.69) is 30.8 Å². The summed E-state index contributed by atoms with van der Waals surface area (Å²) in [4.78, 5) is 4.73. The highest BCUT2D eigenvalue weighted by Gasteiger charge is 2.37. The molecule has 15 heavy (non-hydrogen) atoms. The van der Waals surface area contributed by atoms with Crippen LogP contribution in [0.5, 0.6) is 0 Å². The molecule has 2 rings (SSSR count). The lowest BCUT2D eigenvalue weighted by atomic mass is 10.1. The fourth-order valence-electron chi connectivity index (χ4n) is 2.79. The highest BCUT2D eigenvalue weighted by Crippen LogP contribution is 2.36. The van der Waals surface area contributed by atoms with Crippen molar-refractivity contribution in [1.29, 1.82) is 0 Å². The van der Waals surface area contributed by atoms with E-state index in [4.69, 9.17) is 4.74 Å². The van der Waals surface area contributed by atoms with Gasteiger partial charge in [0.05, 0.1) is 6.61 Å². The molecular weight excluding hydrogens is 188 g/mol. The van der Waals surface area contributed by atoms with Crippen molar-refractivity contribution in [2.45, 2.75) is 38.5 Å². The lowest BCUT2D eigenvalue weighted by Gasteiger charge is -2.28. The quantitative estimate of drug-likeness (QED) is 0.641. The Bertz CT molecular complexity index is 208. The number of hydrogen-bond donors (Lipinski definition) is 0. The Balaban J connectivity index is 1.62. The van der Waals surface area contributed by atoms with Gasteiger partial charge in [-0.15, -0.1) is 0 Å². The third-order valence-electron chi connectivity index (χ3n) is 3.99. The zero-order chi connectivity index (χ0) is 10.8. The summed E-state index contributed by atoms with van der Waals surface area (Å²) in [7, 11) is 4.12. The first-order chi connectivity index (χ1) is 7.16. The number of fused-ring (bicyclic) bond motifs is 2. The van der Waals surface area contributed by atoms with Gasteiger partial charge in [0.15, 0.2) is 0 Å². The molecule has 1 aliphatic heterocycles. The van der Waals surface area contributed by atoms with Crippen LogP contribution >= 0.6 is 0 Å². The normalized spacial score (nSPS) is 32.8. The molecule has 3 heteroatoms. The number of nitrogens with zero attached hydrogens (tertiary/aromatic N) is 2. The molecule has 3 unspecified atom stereocenters. The maximum Gasteiger partial charge on any atom is 0.107 e. The second-order valence-electron chi connectivity index (χ2n) is 5.26. The van der Waals surface area contributed by atoms with E-state index in [1.807, 2.05) is 0 Å². The van der Waals surface area contributed by atoms with Crippen molar-refractivity contribution in [3.63, 3.8) is 0 Å². The van der Waals surface area contributed by atoms with Gasteiger partial charge in [0.2, 0.25) is 0 Å². The first-order valence-corrected chi connectivity index (χ1v) is 6.19. The molecule has 1 aliphatic carbocycles. The molecule has 0 aromatic heterocycles. The summed E-state index contributed by atoms with van der Waals surface area (Å²) in [5.74, 6) is 1.00. The number of likely N-dealkylation sites (tertiary alicyclic amines) is 1. The predicted octanol–water partition coefficient (Wildman–Crippen LogP) is 1.39. The number of piperidine rings is 1. The van der Waals surface area contributed by atoms with Crippen LogP contribution in [0.4, 0.5) is 0 Å². The van der Waals surface area contributed by atoms with Crippen LogP contribution in [0.15, 0.2) is 0 Å². The van der Waals surface area contributed by atoms with Crippen molar-refractivity contribution in [2.75, 3.05) is 33.8 Å². The van der Waals surface area contributed by atoms with Crippen LogP contribution in [-0.2, 0) is 4.74 Å². The van der Waals surface area contributed by atoms with Gasteiger partial charge in [-0.05, 0) is 46.2 Å². The average molecular weight is 212 g/mol. The van der Waals surface area contributed by atoms with Gasteiger partial charge in [0, 0.05) is 19.1 Å². The molecule has 3 atom stereocenters. The zero-order valence-corrected chi connectivity index (χ0v) is 10.3. The van der Waals surface area contributed by atoms with Crippen LogP contribution in [0, 0.1) is 5.92 Å². The largest absolute Gasteiger partial charge is 0.362 e. The molecule has 0 spiro atoms. The van der Waals surface area contributed by atoms with Crippen molar-refractivity contribution in [2.24, 2.45) is 5.92 Å². The molecule has 1 heterocycles. The lowest BCUT2D eigenvalue weighted by molar-refractivity contribution is -0.0324. The maximum absolute atomic E-state index is 5.76. The van der Waals surface area contributed by atoms with Crippen molar-refractivity contribution in [3.05, 3.63) is 0 Å². The molecule has 1 saturated heterocycles. The number of rotatable bonds is 5. The van der Waals surface area contributed by atoms with Gasteiger partial charge in [0.25, 0.3) is 0 Å². The molecule has 0 aromatic rings. The molecule has 2 fully saturated rings. The smallest absolute Gasteiger partial charge is 0.107 e. The highest BCUT2D eigenvalue weighted by atomic mass is 16.5. The minimum absolute atomic E-state index is 0.241. The number of hydrogen-bond acceptors (Lipinski definition) is 3. The van der Waals surface area contributed by atoms with Crippen LogP contribution in [-0.4, -0.2) is 55.9 Å². The topological polar surface area (TPSA) is 15.7 Å². The fourth-order valence-corrected chi connectivity index (χ4v) is 2.79. The molecule has 2 bridgehead atoms. The average Bonchev–Trinajstić information content (AvgIpc) is 2.78. The number of ether oxygens (including phenoxy) is 1. The minimum Gasteiger partial charge on any atom is -0.362 e. The molecule has 88 valence electrons. The van der Waals surface area contributed by atoms with Gasteiger partial charge in [-0.25, -0.2) is 0 Å². The molecule has 3 nitrogen and oxygen atoms in total. The van der Waals surface area contributed by atoms with Crippen LogP contribution in [0.2, 0.25) is 0 Å². The van der Waals surface area contributed by atoms with Crippen molar-refractivity contribution in [1.82, 2.24) is 9.80 Å². The Kier molecular flexibility index (Phi) is 3.65. The zero-order valence-electron chi connectivity index (χ0n) is 10.3. The van der Waals surface area contributed by atoms with Gasteiger partial charge in [-0.3, -0.25) is 9.80 Å². The Morgan fingerprint density at radius 2 is 2.20 bits per heavy atom. The van der Waals surface area contributed by atoms with E-state index in [9.17, 15) is 0 Å². The molecule has 0 aromatic carbocycles. The monoisotopic (exact) mass is 212 g/mol. The van der Waals surface area contributed by atoms with Gasteiger partial charge in [-0.2, -0.15) is 0 Å². The molecule has 0 N–H and O–H groups in total. The van der Waals surface area contributed by atoms with E-state index in [1.54, 1.807) is 0 Å². The first kappa shape index (κ1) is 11.4. The summed E-state index contributed by atoms with van der Waals surface area (Å²) in [6.07, 6.45) is 4.58. The van der Waals surface area contributed by atoms with Gasteiger partial charge < -0.3 is 4.74 Å². The summed E-state index contributed by atoms with van der Waals surface area (Å²) in [5, 5.41) is 0. The molecule has 0 radical (unpaired) electrons. The summed E-state index contributed by atoms with van der Waals surface area (Å²) in [6.45, 7) is 5.43. The summed E-state index contributed by atoms with van der Waals surface area (Å²) < 4.78 is 5.76. The van der Waals surface area contributed by atoms with E-state index in [-0.39, 0.29) is 6.23 Å². The highest BCUT2D eigenvalue weighted by molar-refractivity contribution is 4.91. The Morgan fingerprint density at radius 1 is 1.40 bits per heavy atom. The van der Waals surface area contributed by atoms with E-state index < -0.39 is 0 Å². The second-order valence-corrected chi connectivity index (χ2v) is 5.26. The Hall–Kier alpha value is -0.120. The van der Waals surface area contributed by atoms with Gasteiger partial charge >= 0.3 is 0 Å². The molecule has 0 amide bonds. The van der Waals surface area contributed by atoms with Crippen molar-refractivity contribution >= 4 is 0 Å². The van der Waals surface area contributed by atoms with Crippen LogP contribution in [0.3, 0.4) is 0 Å². The summed E-state index contributed by atoms with van der Waals surface area (Å²) in [5.41, 5.74) is 0. The van der Waals surface area contributed by atoms with E-state index in [0.29, 0.717) is 0 Å². The maximum atomic E-state index is 5.76. The summed E-state index contributed by atoms with van der Waals surface area (Å²) >= 11 is 0. The van der Waals surface area contributed by atoms with E-state index in [1.165, 1.54) is 25.8 Å². The second kappa shape index (κ2) is 4.81. The molecular formula is C12H24N2O. The fraction of sp³-hybridized carbons (Fsp3) is 1.00. The standard InChI is InChI=1S/C12H24N2O/c1-10(13(2)3)15-7-6-14-9-11-4-5-12(14)8-11/h10-12H,4-9H2,1-3H3. The SMILES string of the molecule is CC(OCCN1CC2CCC1C2)N(C)C. The molecule has 1 saturated carbocycles. The predicted molar refractivity (Wildman–Crippen MR) is 61.8 cm³/mol. The Morgan fingerprint density at radius 3 is 2.73 bits per heavy atom. The van der Waals surface area contributed by atoms with Crippen LogP contribution < -0.4 is 0 Å². The third-order valence-corrected chi connectivity index (χ3v) is 3.99. The van der Waals surface area contributed by atoms with Crippen LogP contribution in [0.1, 0.15) is 26.2 Å². The minimum atomic E-state index is 0.241. The first-order valence-electron chi connectivity index (χ1n) is 6.19. The summed E-state index contributed by atoms with van der Waals surface area (Å²) in [6, 6.07) is 0.883. The Labute approximate surface area is 93.4 Å². The van der Waals surface area contributed by atoms with Crippen molar-refractivity contribution < 1.29 is 4.74 Å². The third kappa shape index (κ3) is 2.71. The van der Waals surface area contributed by atoms with Gasteiger partial charge in [0.1, 0.15) is 6.23 Å². The molecule has 2 aliphatic rings. The van der Waals surface area contributed by atoms with E-state index in [0.717, 1.165) is 25.1 Å². The van der Waals surface area contributed by atoms with Crippen LogP contribution in [0.25, 0.3) is 0 Å². The van der Waals surface area contributed by atoms with Gasteiger partial charge in [-0.1, -0.05) is 0 Å². The van der Waals surface area contributed by atoms with E-state index >= 15 is 0 Å².